The van der Waals surface area contributed by atoms with Crippen molar-refractivity contribution in [2.24, 2.45) is 0 Å². The van der Waals surface area contributed by atoms with Gasteiger partial charge in [-0.25, -0.2) is 4.67 Å². The molecule has 1 saturated heterocycles. The monoisotopic (exact) mass is 620 g/mol. The molecule has 1 fully saturated rings. The molecule has 1 aliphatic rings. The van der Waals surface area contributed by atoms with Crippen molar-refractivity contribution in [2.45, 2.75) is 70.4 Å². The molecular weight excluding hydrogens is 575 g/mol. The van der Waals surface area contributed by atoms with Gasteiger partial charge in [-0.05, 0) is 68.7 Å². The van der Waals surface area contributed by atoms with E-state index in [1.807, 2.05) is 42.5 Å². The fraction of sp³-hybridized carbons (Fsp3) is 0.457. The molecule has 0 radical (unpaired) electrons. The minimum Gasteiger partial charge on any atom is -0.497 e. The minimum absolute atomic E-state index is 0.148. The first-order valence-corrected chi connectivity index (χ1v) is 16.3. The number of rotatable bonds is 16. The molecule has 1 unspecified atom stereocenters. The van der Waals surface area contributed by atoms with Crippen molar-refractivity contribution >= 4 is 8.53 Å². The van der Waals surface area contributed by atoms with E-state index in [1.54, 1.807) is 14.2 Å². The van der Waals surface area contributed by atoms with Gasteiger partial charge in [0.05, 0.1) is 58.7 Å². The molecule has 0 saturated carbocycles. The fourth-order valence-electron chi connectivity index (χ4n) is 5.58. The van der Waals surface area contributed by atoms with Gasteiger partial charge in [-0.15, -0.1) is 0 Å². The highest BCUT2D eigenvalue weighted by atomic mass is 31.2. The van der Waals surface area contributed by atoms with Crippen LogP contribution in [-0.4, -0.2) is 63.0 Å². The Morgan fingerprint density at radius 1 is 0.864 bits per heavy atom. The van der Waals surface area contributed by atoms with E-state index < -0.39 is 14.1 Å². The van der Waals surface area contributed by atoms with E-state index in [1.165, 1.54) is 0 Å². The second-order valence-corrected chi connectivity index (χ2v) is 12.7. The van der Waals surface area contributed by atoms with E-state index in [0.29, 0.717) is 32.7 Å². The van der Waals surface area contributed by atoms with Gasteiger partial charge in [-0.1, -0.05) is 54.6 Å². The third-order valence-corrected chi connectivity index (χ3v) is 9.79. The van der Waals surface area contributed by atoms with Gasteiger partial charge in [0.15, 0.2) is 0 Å². The second-order valence-electron chi connectivity index (χ2n) is 11.3. The zero-order valence-electron chi connectivity index (χ0n) is 26.6. The van der Waals surface area contributed by atoms with Crippen LogP contribution in [0.25, 0.3) is 0 Å². The van der Waals surface area contributed by atoms with Crippen molar-refractivity contribution in [2.75, 3.05) is 34.0 Å². The van der Waals surface area contributed by atoms with Crippen molar-refractivity contribution in [1.29, 1.82) is 5.26 Å². The van der Waals surface area contributed by atoms with Gasteiger partial charge in [0.1, 0.15) is 17.1 Å². The van der Waals surface area contributed by atoms with Crippen LogP contribution in [-0.2, 0) is 24.1 Å². The molecule has 0 amide bonds. The lowest BCUT2D eigenvalue weighted by molar-refractivity contribution is -0.0460. The molecule has 0 aliphatic carbocycles. The Bertz CT molecular complexity index is 1260. The lowest BCUT2D eigenvalue weighted by Gasteiger charge is -2.37. The number of nitrogens with zero attached hydrogens (tertiary/aromatic N) is 2. The first-order chi connectivity index (χ1) is 21.3. The first kappa shape index (κ1) is 33.9. The Balaban J connectivity index is 1.60. The average molecular weight is 621 g/mol. The normalized spacial score (nSPS) is 17.6. The fourth-order valence-corrected chi connectivity index (χ4v) is 7.28. The summed E-state index contributed by atoms with van der Waals surface area (Å²) in [5.74, 6) is 1.55. The molecule has 0 N–H and O–H groups in total. The van der Waals surface area contributed by atoms with E-state index in [2.05, 4.69) is 74.8 Å². The van der Waals surface area contributed by atoms with Crippen LogP contribution in [0.1, 0.15) is 57.2 Å². The maximum absolute atomic E-state index is 9.06. The largest absolute Gasteiger partial charge is 0.497 e. The van der Waals surface area contributed by atoms with E-state index in [-0.39, 0.29) is 24.3 Å². The Kier molecular flexibility index (Phi) is 12.6. The smallest absolute Gasteiger partial charge is 0.259 e. The highest BCUT2D eigenvalue weighted by molar-refractivity contribution is 7.44. The summed E-state index contributed by atoms with van der Waals surface area (Å²) in [6.07, 6.45) is 0.662. The highest BCUT2D eigenvalue weighted by Gasteiger charge is 2.40. The van der Waals surface area contributed by atoms with Crippen LogP contribution in [0.3, 0.4) is 0 Å². The van der Waals surface area contributed by atoms with Crippen molar-refractivity contribution in [3.63, 3.8) is 0 Å². The summed E-state index contributed by atoms with van der Waals surface area (Å²) in [6.45, 7) is 9.66. The lowest BCUT2D eigenvalue weighted by atomic mass is 9.80. The van der Waals surface area contributed by atoms with Gasteiger partial charge < -0.3 is 28.0 Å². The summed E-state index contributed by atoms with van der Waals surface area (Å²) in [4.78, 5) is 0. The summed E-state index contributed by atoms with van der Waals surface area (Å²) in [5.41, 5.74) is 2.03. The van der Waals surface area contributed by atoms with E-state index in [0.717, 1.165) is 28.2 Å². The molecule has 0 bridgehead atoms. The van der Waals surface area contributed by atoms with Crippen LogP contribution in [0, 0.1) is 11.3 Å². The van der Waals surface area contributed by atoms with Gasteiger partial charge in [0.25, 0.3) is 8.53 Å². The Morgan fingerprint density at radius 3 is 1.91 bits per heavy atom. The maximum atomic E-state index is 9.06. The van der Waals surface area contributed by atoms with Gasteiger partial charge in [-0.2, -0.15) is 5.26 Å². The van der Waals surface area contributed by atoms with Crippen LogP contribution in [0.5, 0.6) is 11.5 Å². The summed E-state index contributed by atoms with van der Waals surface area (Å²) < 4.78 is 39.2. The van der Waals surface area contributed by atoms with Crippen molar-refractivity contribution in [3.8, 4) is 17.6 Å². The Morgan fingerprint density at radius 2 is 1.41 bits per heavy atom. The zero-order valence-corrected chi connectivity index (χ0v) is 27.5. The van der Waals surface area contributed by atoms with Gasteiger partial charge >= 0.3 is 0 Å². The van der Waals surface area contributed by atoms with Gasteiger partial charge in [-0.3, -0.25) is 0 Å². The molecule has 1 aliphatic heterocycles. The predicted molar refractivity (Wildman–Crippen MR) is 173 cm³/mol. The van der Waals surface area contributed by atoms with Crippen molar-refractivity contribution in [1.82, 2.24) is 4.67 Å². The molecule has 44 heavy (non-hydrogen) atoms. The minimum atomic E-state index is -1.36. The SMILES string of the molecule is COc1ccc(C(OC[C@@H]2C[C@@H](OP(OCCC#N)N(C(C)C)C(C)C)CO2)(c2ccccc2)c2ccc(OC)cc2)cc1. The van der Waals surface area contributed by atoms with Crippen LogP contribution in [0.4, 0.5) is 0 Å². The molecule has 9 heteroatoms. The maximum Gasteiger partial charge on any atom is 0.259 e. The van der Waals surface area contributed by atoms with E-state index in [9.17, 15) is 0 Å². The molecular formula is C35H45N2O6P. The zero-order chi connectivity index (χ0) is 31.5. The van der Waals surface area contributed by atoms with Crippen molar-refractivity contribution < 1.29 is 28.0 Å². The summed E-state index contributed by atoms with van der Waals surface area (Å²) in [6, 6.07) is 28.9. The number of benzene rings is 3. The first-order valence-electron chi connectivity index (χ1n) is 15.2. The summed E-state index contributed by atoms with van der Waals surface area (Å²) in [7, 11) is 1.97. The summed E-state index contributed by atoms with van der Waals surface area (Å²) >= 11 is 0. The summed E-state index contributed by atoms with van der Waals surface area (Å²) in [5, 5.41) is 9.06. The van der Waals surface area contributed by atoms with Crippen molar-refractivity contribution in [3.05, 3.63) is 95.6 Å². The molecule has 8 nitrogen and oxygen atoms in total. The van der Waals surface area contributed by atoms with Crippen LogP contribution < -0.4 is 9.47 Å². The average Bonchev–Trinajstić information content (AvgIpc) is 3.49. The van der Waals surface area contributed by atoms with Gasteiger partial charge in [0, 0.05) is 18.5 Å². The third-order valence-electron chi connectivity index (χ3n) is 7.60. The number of nitriles is 1. The van der Waals surface area contributed by atoms with E-state index in [4.69, 9.17) is 33.3 Å². The molecule has 236 valence electrons. The molecule has 3 aromatic rings. The number of hydrogen-bond acceptors (Lipinski definition) is 8. The number of ether oxygens (including phenoxy) is 4. The van der Waals surface area contributed by atoms with Crippen LogP contribution in [0.15, 0.2) is 78.9 Å². The molecule has 0 aromatic heterocycles. The Hall–Kier alpha value is -3.02. The Labute approximate surface area is 263 Å². The number of methoxy groups -OCH3 is 2. The number of hydrogen-bond donors (Lipinski definition) is 0. The highest BCUT2D eigenvalue weighted by Crippen LogP contribution is 2.48. The van der Waals surface area contributed by atoms with Crippen LogP contribution in [0.2, 0.25) is 0 Å². The molecule has 1 heterocycles. The quantitative estimate of drug-likeness (QED) is 0.0927. The molecule has 3 aromatic carbocycles. The second kappa shape index (κ2) is 16.3. The van der Waals surface area contributed by atoms with Crippen LogP contribution >= 0.6 is 8.53 Å². The van der Waals surface area contributed by atoms with Gasteiger partial charge in [0.2, 0.25) is 0 Å². The standard InChI is InChI=1S/C35H45N2O6P/c1-26(2)37(27(3)4)44(42-22-10-21-36)43-34-23-33(40-24-34)25-41-35(28-11-8-7-9-12-28,29-13-17-31(38-5)18-14-29)30-15-19-32(39-6)20-16-30/h7-9,11-20,26-27,33-34H,10,22-25H2,1-6H3/t33-,34+,44?/m0/s1. The van der Waals surface area contributed by atoms with E-state index >= 15 is 0 Å². The predicted octanol–water partition coefficient (Wildman–Crippen LogP) is 7.46. The molecule has 3 atom stereocenters. The molecule has 0 spiro atoms. The topological polar surface area (TPSA) is 82.4 Å². The third kappa shape index (κ3) is 8.17. The molecule has 4 rings (SSSR count). The lowest BCUT2D eigenvalue weighted by Crippen LogP contribution is -2.36.